The van der Waals surface area contributed by atoms with Crippen molar-refractivity contribution in [1.82, 2.24) is 9.97 Å². The molecule has 0 unspecified atom stereocenters. The Morgan fingerprint density at radius 2 is 2.10 bits per heavy atom. The van der Waals surface area contributed by atoms with Crippen LogP contribution in [0.15, 0.2) is 24.5 Å². The third-order valence-corrected chi connectivity index (χ3v) is 3.14. The van der Waals surface area contributed by atoms with Crippen LogP contribution in [-0.2, 0) is 0 Å². The number of hydrogen-bond acceptors (Lipinski definition) is 4. The third kappa shape index (κ3) is 2.81. The van der Waals surface area contributed by atoms with E-state index in [9.17, 15) is 9.18 Å². The number of hydrogen-bond donors (Lipinski definition) is 1. The maximum atomic E-state index is 13.7. The van der Waals surface area contributed by atoms with Gasteiger partial charge in [-0.1, -0.05) is 29.3 Å². The van der Waals surface area contributed by atoms with Crippen LogP contribution in [0.3, 0.4) is 0 Å². The number of benzene rings is 1. The van der Waals surface area contributed by atoms with Crippen molar-refractivity contribution in [2.75, 3.05) is 12.4 Å². The molecule has 0 atom stereocenters. The maximum Gasteiger partial charge on any atom is 0.263 e. The van der Waals surface area contributed by atoms with E-state index in [1.165, 1.54) is 19.2 Å². The summed E-state index contributed by atoms with van der Waals surface area (Å²) in [7, 11) is 1.33. The highest BCUT2D eigenvalue weighted by Crippen LogP contribution is 2.27. The Morgan fingerprint density at radius 1 is 1.35 bits per heavy atom. The molecule has 0 aliphatic carbocycles. The lowest BCUT2D eigenvalue weighted by Crippen LogP contribution is -2.16. The second-order valence-electron chi connectivity index (χ2n) is 3.60. The van der Waals surface area contributed by atoms with Gasteiger partial charge in [0.25, 0.3) is 5.91 Å². The lowest BCUT2D eigenvalue weighted by atomic mass is 10.1. The number of anilines is 1. The molecule has 104 valence electrons. The minimum atomic E-state index is -0.753. The lowest BCUT2D eigenvalue weighted by molar-refractivity contribution is 0.101. The van der Waals surface area contributed by atoms with E-state index in [1.807, 2.05) is 0 Å². The number of aromatic nitrogens is 2. The van der Waals surface area contributed by atoms with Crippen molar-refractivity contribution in [1.29, 1.82) is 0 Å². The number of amides is 1. The minimum absolute atomic E-state index is 0.0121. The van der Waals surface area contributed by atoms with E-state index < -0.39 is 11.7 Å². The van der Waals surface area contributed by atoms with Crippen LogP contribution in [0.5, 0.6) is 5.75 Å². The van der Waals surface area contributed by atoms with E-state index in [-0.39, 0.29) is 27.3 Å². The summed E-state index contributed by atoms with van der Waals surface area (Å²) >= 11 is 11.5. The summed E-state index contributed by atoms with van der Waals surface area (Å²) in [4.78, 5) is 19.5. The molecular formula is C12H8Cl2FN3O2. The van der Waals surface area contributed by atoms with Gasteiger partial charge in [0.1, 0.15) is 28.5 Å². The number of ether oxygens (including phenoxy) is 1. The molecule has 1 N–H and O–H groups in total. The second kappa shape index (κ2) is 6.02. The first kappa shape index (κ1) is 14.5. The highest BCUT2D eigenvalue weighted by molar-refractivity contribution is 6.43. The molecule has 0 radical (unpaired) electrons. The Hall–Kier alpha value is -1.92. The van der Waals surface area contributed by atoms with E-state index in [2.05, 4.69) is 15.3 Å². The zero-order valence-corrected chi connectivity index (χ0v) is 11.7. The van der Waals surface area contributed by atoms with Gasteiger partial charge >= 0.3 is 0 Å². The summed E-state index contributed by atoms with van der Waals surface area (Å²) in [6.45, 7) is 0. The fourth-order valence-electron chi connectivity index (χ4n) is 1.50. The zero-order chi connectivity index (χ0) is 14.7. The van der Waals surface area contributed by atoms with E-state index in [0.29, 0.717) is 0 Å². The van der Waals surface area contributed by atoms with Crippen LogP contribution in [-0.4, -0.2) is 23.0 Å². The molecule has 0 aliphatic rings. The summed E-state index contributed by atoms with van der Waals surface area (Å²) in [5.74, 6) is -1.39. The molecule has 0 saturated carbocycles. The van der Waals surface area contributed by atoms with E-state index in [4.69, 9.17) is 27.9 Å². The van der Waals surface area contributed by atoms with Gasteiger partial charge in [-0.25, -0.2) is 14.4 Å². The Morgan fingerprint density at radius 3 is 2.80 bits per heavy atom. The van der Waals surface area contributed by atoms with Gasteiger partial charge in [0, 0.05) is 0 Å². The first-order chi connectivity index (χ1) is 9.54. The number of nitrogens with one attached hydrogen (secondary N) is 1. The average Bonchev–Trinajstić information content (AvgIpc) is 2.43. The number of methoxy groups -OCH3 is 1. The quantitative estimate of drug-likeness (QED) is 0.883. The fraction of sp³-hybridized carbons (Fsp3) is 0.0833. The largest absolute Gasteiger partial charge is 0.496 e. The van der Waals surface area contributed by atoms with E-state index >= 15 is 0 Å². The van der Waals surface area contributed by atoms with Crippen LogP contribution in [0, 0.1) is 5.82 Å². The van der Waals surface area contributed by atoms with Crippen LogP contribution in [0.25, 0.3) is 0 Å². The van der Waals surface area contributed by atoms with E-state index in [1.54, 1.807) is 0 Å². The smallest absolute Gasteiger partial charge is 0.263 e. The molecular weight excluding hydrogens is 308 g/mol. The SMILES string of the molecule is COc1cccc(F)c1C(=O)Nc1ncnc(Cl)c1Cl. The molecule has 1 amide bonds. The van der Waals surface area contributed by atoms with Gasteiger partial charge in [0.2, 0.25) is 0 Å². The van der Waals surface area contributed by atoms with Crippen molar-refractivity contribution in [2.24, 2.45) is 0 Å². The molecule has 1 aromatic heterocycles. The van der Waals surface area contributed by atoms with Gasteiger partial charge in [-0.15, -0.1) is 0 Å². The Balaban J connectivity index is 2.36. The molecule has 0 aliphatic heterocycles. The first-order valence-corrected chi connectivity index (χ1v) is 6.10. The van der Waals surface area contributed by atoms with Gasteiger partial charge in [-0.3, -0.25) is 4.79 Å². The van der Waals surface area contributed by atoms with Crippen molar-refractivity contribution >= 4 is 34.9 Å². The molecule has 8 heteroatoms. The van der Waals surface area contributed by atoms with Crippen molar-refractivity contribution < 1.29 is 13.9 Å². The summed E-state index contributed by atoms with van der Waals surface area (Å²) in [6.07, 6.45) is 1.13. The van der Waals surface area contributed by atoms with Crippen molar-refractivity contribution in [3.8, 4) is 5.75 Å². The summed E-state index contributed by atoms with van der Waals surface area (Å²) in [5.41, 5.74) is -0.249. The molecule has 2 aromatic rings. The lowest BCUT2D eigenvalue weighted by Gasteiger charge is -2.10. The number of rotatable bonds is 3. The topological polar surface area (TPSA) is 64.1 Å². The molecule has 5 nitrogen and oxygen atoms in total. The molecule has 1 heterocycles. The van der Waals surface area contributed by atoms with E-state index in [0.717, 1.165) is 12.4 Å². The molecule has 2 rings (SSSR count). The van der Waals surface area contributed by atoms with Crippen molar-refractivity contribution in [3.63, 3.8) is 0 Å². The number of carbonyl (C=O) groups excluding carboxylic acids is 1. The predicted molar refractivity (Wildman–Crippen MR) is 73.0 cm³/mol. The average molecular weight is 316 g/mol. The number of carbonyl (C=O) groups is 1. The monoisotopic (exact) mass is 315 g/mol. The molecule has 0 bridgehead atoms. The van der Waals surface area contributed by atoms with Crippen molar-refractivity contribution in [3.05, 3.63) is 46.1 Å². The van der Waals surface area contributed by atoms with Gasteiger partial charge in [0.15, 0.2) is 11.0 Å². The van der Waals surface area contributed by atoms with Crippen LogP contribution in [0.1, 0.15) is 10.4 Å². The predicted octanol–water partition coefficient (Wildman–Crippen LogP) is 3.18. The van der Waals surface area contributed by atoms with Crippen LogP contribution in [0.2, 0.25) is 10.2 Å². The highest BCUT2D eigenvalue weighted by atomic mass is 35.5. The summed E-state index contributed by atoms with van der Waals surface area (Å²) < 4.78 is 18.7. The first-order valence-electron chi connectivity index (χ1n) is 5.34. The maximum absolute atomic E-state index is 13.7. The van der Waals surface area contributed by atoms with Crippen LogP contribution >= 0.6 is 23.2 Å². The van der Waals surface area contributed by atoms with Crippen LogP contribution < -0.4 is 10.1 Å². The normalized spacial score (nSPS) is 10.2. The van der Waals surface area contributed by atoms with Crippen LogP contribution in [0.4, 0.5) is 10.2 Å². The molecule has 0 saturated heterocycles. The van der Waals surface area contributed by atoms with Crippen molar-refractivity contribution in [2.45, 2.75) is 0 Å². The third-order valence-electron chi connectivity index (χ3n) is 2.40. The van der Waals surface area contributed by atoms with Gasteiger partial charge < -0.3 is 10.1 Å². The van der Waals surface area contributed by atoms with Gasteiger partial charge in [0.05, 0.1) is 7.11 Å². The van der Waals surface area contributed by atoms with Gasteiger partial charge in [-0.2, -0.15) is 0 Å². The highest BCUT2D eigenvalue weighted by Gasteiger charge is 2.19. The molecule has 0 fully saturated rings. The molecule has 0 spiro atoms. The Kier molecular flexibility index (Phi) is 4.36. The molecule has 1 aromatic carbocycles. The standard InChI is InChI=1S/C12H8Cl2FN3O2/c1-20-7-4-2-3-6(15)8(7)12(19)18-11-9(13)10(14)16-5-17-11/h2-5H,1H3,(H,16,17,18,19). The fourth-order valence-corrected chi connectivity index (χ4v) is 1.78. The Bertz CT molecular complexity index is 667. The summed E-state index contributed by atoms with van der Waals surface area (Å²) in [6, 6.07) is 4.04. The number of nitrogens with zero attached hydrogens (tertiary/aromatic N) is 2. The zero-order valence-electron chi connectivity index (χ0n) is 10.2. The Labute approximate surface area is 123 Å². The number of halogens is 3. The molecule has 20 heavy (non-hydrogen) atoms. The van der Waals surface area contributed by atoms with Gasteiger partial charge in [-0.05, 0) is 12.1 Å². The second-order valence-corrected chi connectivity index (χ2v) is 4.33. The minimum Gasteiger partial charge on any atom is -0.496 e. The summed E-state index contributed by atoms with van der Waals surface area (Å²) in [5, 5.41) is 2.31.